The van der Waals surface area contributed by atoms with Crippen molar-refractivity contribution < 1.29 is 23.7 Å². The maximum absolute atomic E-state index is 6.20. The summed E-state index contributed by atoms with van der Waals surface area (Å²) in [6, 6.07) is 11.4. The van der Waals surface area contributed by atoms with Gasteiger partial charge in [0.05, 0.1) is 36.3 Å². The summed E-state index contributed by atoms with van der Waals surface area (Å²) in [4.78, 5) is 4.42. The fraction of sp³-hybridized carbons (Fsp3) is 0.286. The quantitative estimate of drug-likeness (QED) is 0.678. The standard InChI is InChI=1S/C21H21N3O5/c1-12-28-18-8-15-17(9-19(18)29-12)23-10-16(22)21(15)24-13-2-4-14(5-3-13)27-11-20-25-6-7-26-20/h2-5,8-10,12,20H,6-7,11,22H2,1H3,(H,23,24). The molecule has 8 nitrogen and oxygen atoms in total. The number of nitrogens with two attached hydrogens (primary N) is 1. The van der Waals surface area contributed by atoms with Crippen LogP contribution in [-0.4, -0.2) is 37.4 Å². The molecule has 3 N–H and O–H groups in total. The van der Waals surface area contributed by atoms with Gasteiger partial charge in [0.15, 0.2) is 17.8 Å². The van der Waals surface area contributed by atoms with Crippen molar-refractivity contribution in [3.05, 3.63) is 42.6 Å². The summed E-state index contributed by atoms with van der Waals surface area (Å²) in [5.74, 6) is 2.10. The Morgan fingerprint density at radius 1 is 1.10 bits per heavy atom. The maximum Gasteiger partial charge on any atom is 0.238 e. The molecule has 8 heteroatoms. The summed E-state index contributed by atoms with van der Waals surface area (Å²) in [5, 5.41) is 4.23. The van der Waals surface area contributed by atoms with Crippen LogP contribution in [0.2, 0.25) is 0 Å². The van der Waals surface area contributed by atoms with Gasteiger partial charge in [-0.2, -0.15) is 0 Å². The van der Waals surface area contributed by atoms with E-state index < -0.39 is 0 Å². The highest BCUT2D eigenvalue weighted by molar-refractivity contribution is 6.00. The van der Waals surface area contributed by atoms with Gasteiger partial charge in [0, 0.05) is 24.1 Å². The lowest BCUT2D eigenvalue weighted by atomic mass is 10.1. The first-order valence-electron chi connectivity index (χ1n) is 9.44. The Morgan fingerprint density at radius 2 is 1.83 bits per heavy atom. The zero-order valence-electron chi connectivity index (χ0n) is 15.9. The van der Waals surface area contributed by atoms with Crippen LogP contribution >= 0.6 is 0 Å². The van der Waals surface area contributed by atoms with Crippen molar-refractivity contribution in [2.24, 2.45) is 0 Å². The molecule has 0 saturated carbocycles. The molecule has 29 heavy (non-hydrogen) atoms. The first-order chi connectivity index (χ1) is 14.2. The molecule has 0 spiro atoms. The van der Waals surface area contributed by atoms with Crippen molar-refractivity contribution in [2.75, 3.05) is 30.9 Å². The van der Waals surface area contributed by atoms with Crippen LogP contribution in [0.4, 0.5) is 17.1 Å². The Bertz CT molecular complexity index is 1030. The van der Waals surface area contributed by atoms with Crippen LogP contribution in [0.5, 0.6) is 17.2 Å². The lowest BCUT2D eigenvalue weighted by Gasteiger charge is -2.14. The van der Waals surface area contributed by atoms with Crippen molar-refractivity contribution >= 4 is 28.0 Å². The fourth-order valence-corrected chi connectivity index (χ4v) is 3.37. The number of hydrogen-bond acceptors (Lipinski definition) is 8. The Hall–Kier alpha value is -3.23. The normalized spacial score (nSPS) is 18.3. The number of anilines is 3. The topological polar surface area (TPSA) is 97.1 Å². The van der Waals surface area contributed by atoms with E-state index in [4.69, 9.17) is 29.4 Å². The minimum atomic E-state index is -0.317. The molecular formula is C21H21N3O5. The van der Waals surface area contributed by atoms with E-state index in [1.165, 1.54) is 0 Å². The molecule has 1 fully saturated rings. The monoisotopic (exact) mass is 395 g/mol. The Kier molecular flexibility index (Phi) is 4.49. The largest absolute Gasteiger partial charge is 0.488 e. The van der Waals surface area contributed by atoms with Crippen LogP contribution in [-0.2, 0) is 9.47 Å². The Balaban J connectivity index is 1.37. The molecule has 2 aromatic carbocycles. The van der Waals surface area contributed by atoms with Gasteiger partial charge in [-0.3, -0.25) is 4.98 Å². The Morgan fingerprint density at radius 3 is 2.59 bits per heavy atom. The highest BCUT2D eigenvalue weighted by Crippen LogP contribution is 2.41. The van der Waals surface area contributed by atoms with Gasteiger partial charge in [0.25, 0.3) is 0 Å². The lowest BCUT2D eigenvalue weighted by molar-refractivity contribution is -0.0684. The molecule has 2 aliphatic heterocycles. The first-order valence-corrected chi connectivity index (χ1v) is 9.44. The molecule has 0 bridgehead atoms. The predicted molar refractivity (Wildman–Crippen MR) is 108 cm³/mol. The van der Waals surface area contributed by atoms with Crippen LogP contribution in [0.25, 0.3) is 10.9 Å². The second kappa shape index (κ2) is 7.31. The van der Waals surface area contributed by atoms with Gasteiger partial charge in [0.1, 0.15) is 12.4 Å². The fourth-order valence-electron chi connectivity index (χ4n) is 3.37. The predicted octanol–water partition coefficient (Wildman–Crippen LogP) is 3.43. The van der Waals surface area contributed by atoms with Crippen molar-refractivity contribution in [3.63, 3.8) is 0 Å². The zero-order valence-corrected chi connectivity index (χ0v) is 15.9. The molecule has 3 heterocycles. The van der Waals surface area contributed by atoms with Gasteiger partial charge in [-0.25, -0.2) is 0 Å². The van der Waals surface area contributed by atoms with Crippen LogP contribution in [0.3, 0.4) is 0 Å². The van der Waals surface area contributed by atoms with Gasteiger partial charge >= 0.3 is 0 Å². The number of nitrogen functional groups attached to an aromatic ring is 1. The first kappa shape index (κ1) is 17.8. The average Bonchev–Trinajstić information content (AvgIpc) is 3.36. The maximum atomic E-state index is 6.20. The highest BCUT2D eigenvalue weighted by Gasteiger charge is 2.22. The number of rotatable bonds is 5. The van der Waals surface area contributed by atoms with Crippen LogP contribution in [0, 0.1) is 0 Å². The molecule has 1 aromatic heterocycles. The molecule has 1 atom stereocenters. The third-order valence-corrected chi connectivity index (χ3v) is 4.75. The SMILES string of the molecule is CC1Oc2cc3ncc(N)c(Nc4ccc(OCC5OCCO5)cc4)c3cc2O1. The van der Waals surface area contributed by atoms with E-state index in [2.05, 4.69) is 10.3 Å². The van der Waals surface area contributed by atoms with E-state index in [9.17, 15) is 0 Å². The van der Waals surface area contributed by atoms with Gasteiger partial charge in [-0.15, -0.1) is 0 Å². The lowest BCUT2D eigenvalue weighted by Crippen LogP contribution is -2.18. The molecule has 1 unspecified atom stereocenters. The second-order valence-electron chi connectivity index (χ2n) is 6.84. The van der Waals surface area contributed by atoms with E-state index in [1.807, 2.05) is 43.3 Å². The van der Waals surface area contributed by atoms with Gasteiger partial charge in [0.2, 0.25) is 6.29 Å². The molecular weight excluding hydrogens is 374 g/mol. The third-order valence-electron chi connectivity index (χ3n) is 4.75. The molecule has 1 saturated heterocycles. The number of fused-ring (bicyclic) bond motifs is 2. The van der Waals surface area contributed by atoms with Crippen molar-refractivity contribution in [3.8, 4) is 17.2 Å². The number of nitrogens with one attached hydrogen (secondary N) is 1. The number of pyridine rings is 1. The van der Waals surface area contributed by atoms with Crippen LogP contribution < -0.4 is 25.3 Å². The number of aromatic nitrogens is 1. The minimum absolute atomic E-state index is 0.300. The molecule has 0 aliphatic carbocycles. The van der Waals surface area contributed by atoms with Gasteiger partial charge < -0.3 is 34.7 Å². The van der Waals surface area contributed by atoms with Crippen molar-refractivity contribution in [2.45, 2.75) is 19.5 Å². The summed E-state index contributed by atoms with van der Waals surface area (Å²) in [6.45, 7) is 3.43. The molecule has 0 amide bonds. The summed E-state index contributed by atoms with van der Waals surface area (Å²) in [7, 11) is 0. The average molecular weight is 395 g/mol. The summed E-state index contributed by atoms with van der Waals surface area (Å²) >= 11 is 0. The molecule has 150 valence electrons. The number of ether oxygens (including phenoxy) is 5. The van der Waals surface area contributed by atoms with Crippen LogP contribution in [0.15, 0.2) is 42.6 Å². The molecule has 5 rings (SSSR count). The summed E-state index contributed by atoms with van der Waals surface area (Å²) in [6.07, 6.45) is 1.02. The number of benzene rings is 2. The van der Waals surface area contributed by atoms with Gasteiger partial charge in [-0.1, -0.05) is 0 Å². The highest BCUT2D eigenvalue weighted by atomic mass is 16.7. The van der Waals surface area contributed by atoms with E-state index in [0.717, 1.165) is 28.0 Å². The van der Waals surface area contributed by atoms with E-state index in [1.54, 1.807) is 6.20 Å². The Labute approximate surface area is 167 Å². The molecule has 2 aliphatic rings. The molecule has 3 aromatic rings. The zero-order chi connectivity index (χ0) is 19.8. The minimum Gasteiger partial charge on any atom is -0.488 e. The summed E-state index contributed by atoms with van der Waals surface area (Å²) in [5.41, 5.74) is 9.16. The van der Waals surface area contributed by atoms with Crippen molar-refractivity contribution in [1.29, 1.82) is 0 Å². The second-order valence-corrected chi connectivity index (χ2v) is 6.84. The van der Waals surface area contributed by atoms with E-state index in [-0.39, 0.29) is 12.6 Å². The third kappa shape index (κ3) is 3.59. The number of nitrogens with zero attached hydrogens (tertiary/aromatic N) is 1. The van der Waals surface area contributed by atoms with E-state index in [0.29, 0.717) is 37.0 Å². The molecule has 0 radical (unpaired) electrons. The smallest absolute Gasteiger partial charge is 0.238 e. The van der Waals surface area contributed by atoms with Gasteiger partial charge in [-0.05, 0) is 30.3 Å². The summed E-state index contributed by atoms with van der Waals surface area (Å²) < 4.78 is 27.8. The number of hydrogen-bond donors (Lipinski definition) is 2. The van der Waals surface area contributed by atoms with E-state index >= 15 is 0 Å². The van der Waals surface area contributed by atoms with Crippen molar-refractivity contribution in [1.82, 2.24) is 4.98 Å². The van der Waals surface area contributed by atoms with Crippen LogP contribution in [0.1, 0.15) is 6.92 Å².